The van der Waals surface area contributed by atoms with Crippen molar-refractivity contribution < 1.29 is 22.5 Å². The molecule has 194 valence electrons. The third kappa shape index (κ3) is 6.84. The monoisotopic (exact) mass is 539 g/mol. The van der Waals surface area contributed by atoms with E-state index in [0.29, 0.717) is 22.3 Å². The number of aromatic nitrogens is 1. The Balaban J connectivity index is 1.49. The van der Waals surface area contributed by atoms with Crippen LogP contribution in [0.5, 0.6) is 0 Å². The molecule has 0 bridgehead atoms. The van der Waals surface area contributed by atoms with Crippen LogP contribution in [0.2, 0.25) is 5.02 Å². The molecule has 2 saturated heterocycles. The van der Waals surface area contributed by atoms with Gasteiger partial charge in [0, 0.05) is 17.9 Å². The molecular formula is C24H28ClF2N5O3S. The number of halogens is 3. The molecule has 2 fully saturated rings. The number of likely N-dealkylation sites (tertiary alicyclic amines) is 1. The van der Waals surface area contributed by atoms with Crippen LogP contribution < -0.4 is 4.31 Å². The lowest BCUT2D eigenvalue weighted by molar-refractivity contribution is -0.0694. The third-order valence-electron chi connectivity index (χ3n) is 6.10. The Morgan fingerprint density at radius 3 is 2.67 bits per heavy atom. The van der Waals surface area contributed by atoms with E-state index in [-0.39, 0.29) is 17.7 Å². The maximum Gasteiger partial charge on any atom is 0.272 e. The standard InChI is InChI=1S/C24H28ClF2N5O3S/c1-28-30-24(35-16-23(26)27)17-5-6-19(29-12-17)13-32(20-4-2-3-18(25)11-20)36(33)22-7-9-31(10-8-22)21-14-34-15-21/h2-6,11-12,21-23H,1,7-10,13-16H2/b30-24-. The summed E-state index contributed by atoms with van der Waals surface area (Å²) in [5, 5.41) is 7.61. The van der Waals surface area contributed by atoms with Crippen LogP contribution in [-0.2, 0) is 27.0 Å². The lowest BCUT2D eigenvalue weighted by Crippen LogP contribution is -2.53. The van der Waals surface area contributed by atoms with Gasteiger partial charge in [-0.2, -0.15) is 5.10 Å². The summed E-state index contributed by atoms with van der Waals surface area (Å²) in [6, 6.07) is 11.1. The van der Waals surface area contributed by atoms with Crippen molar-refractivity contribution >= 4 is 40.9 Å². The fourth-order valence-electron chi connectivity index (χ4n) is 4.11. The van der Waals surface area contributed by atoms with Crippen molar-refractivity contribution in [2.24, 2.45) is 10.2 Å². The molecule has 8 nitrogen and oxygen atoms in total. The van der Waals surface area contributed by atoms with Crippen LogP contribution in [0.1, 0.15) is 24.1 Å². The zero-order valence-electron chi connectivity index (χ0n) is 19.6. The van der Waals surface area contributed by atoms with Gasteiger partial charge in [0.05, 0.1) is 48.0 Å². The smallest absolute Gasteiger partial charge is 0.272 e. The summed E-state index contributed by atoms with van der Waals surface area (Å²) in [7, 11) is -1.32. The van der Waals surface area contributed by atoms with Crippen molar-refractivity contribution in [1.29, 1.82) is 0 Å². The molecule has 12 heteroatoms. The average molecular weight is 540 g/mol. The number of rotatable bonds is 10. The molecule has 0 radical (unpaired) electrons. The first-order chi connectivity index (χ1) is 17.4. The van der Waals surface area contributed by atoms with Gasteiger partial charge in [0.25, 0.3) is 6.43 Å². The van der Waals surface area contributed by atoms with E-state index in [1.807, 2.05) is 16.4 Å². The second-order valence-electron chi connectivity index (χ2n) is 8.51. The van der Waals surface area contributed by atoms with Gasteiger partial charge in [0.1, 0.15) is 11.0 Å². The second-order valence-corrected chi connectivity index (χ2v) is 10.6. The summed E-state index contributed by atoms with van der Waals surface area (Å²) in [5.74, 6) is -0.0942. The molecule has 0 spiro atoms. The normalized spacial score (nSPS) is 18.6. The predicted octanol–water partition coefficient (Wildman–Crippen LogP) is 3.91. The Labute approximate surface area is 216 Å². The van der Waals surface area contributed by atoms with Gasteiger partial charge in [-0.25, -0.2) is 13.0 Å². The summed E-state index contributed by atoms with van der Waals surface area (Å²) in [6.45, 7) is 6.02. The summed E-state index contributed by atoms with van der Waals surface area (Å²) in [4.78, 5) is 6.85. The van der Waals surface area contributed by atoms with Gasteiger partial charge >= 0.3 is 0 Å². The van der Waals surface area contributed by atoms with E-state index in [2.05, 4.69) is 26.8 Å². The molecule has 0 amide bonds. The summed E-state index contributed by atoms with van der Waals surface area (Å²) < 4.78 is 51.1. The van der Waals surface area contributed by atoms with Gasteiger partial charge in [-0.3, -0.25) is 14.2 Å². The molecule has 36 heavy (non-hydrogen) atoms. The van der Waals surface area contributed by atoms with E-state index in [1.54, 1.807) is 24.3 Å². The predicted molar refractivity (Wildman–Crippen MR) is 137 cm³/mol. The molecule has 1 atom stereocenters. The maximum absolute atomic E-state index is 13.8. The molecule has 2 aliphatic rings. The molecule has 4 rings (SSSR count). The molecule has 2 aromatic rings. The number of benzene rings is 1. The number of pyridine rings is 1. The Hall–Kier alpha value is -2.47. The highest BCUT2D eigenvalue weighted by Crippen LogP contribution is 2.28. The van der Waals surface area contributed by atoms with Crippen molar-refractivity contribution in [3.63, 3.8) is 0 Å². The van der Waals surface area contributed by atoms with Gasteiger partial charge < -0.3 is 9.47 Å². The zero-order valence-corrected chi connectivity index (χ0v) is 21.2. The molecule has 1 aromatic heterocycles. The zero-order chi connectivity index (χ0) is 25.5. The third-order valence-corrected chi connectivity index (χ3v) is 8.15. The van der Waals surface area contributed by atoms with E-state index in [0.717, 1.165) is 44.8 Å². The van der Waals surface area contributed by atoms with Gasteiger partial charge in [-0.1, -0.05) is 17.7 Å². The van der Waals surface area contributed by atoms with Crippen molar-refractivity contribution in [3.05, 3.63) is 58.9 Å². The first-order valence-corrected chi connectivity index (χ1v) is 13.1. The Morgan fingerprint density at radius 1 is 1.31 bits per heavy atom. The summed E-state index contributed by atoms with van der Waals surface area (Å²) in [5.41, 5.74) is 1.75. The second kappa shape index (κ2) is 12.7. The SMILES string of the molecule is C=N/N=C(\OCC(F)F)c1ccc(CN(c2cccc(Cl)c2)S(=O)C2CCN(C3COC3)CC2)nc1. The van der Waals surface area contributed by atoms with Crippen LogP contribution >= 0.6 is 11.6 Å². The van der Waals surface area contributed by atoms with Gasteiger partial charge in [-0.15, -0.1) is 5.10 Å². The molecule has 2 aliphatic heterocycles. The number of alkyl halides is 2. The largest absolute Gasteiger partial charge is 0.470 e. The number of hydrogen-bond acceptors (Lipinski definition) is 7. The summed E-state index contributed by atoms with van der Waals surface area (Å²) >= 11 is 6.24. The first kappa shape index (κ1) is 26.6. The van der Waals surface area contributed by atoms with Gasteiger partial charge in [0.2, 0.25) is 5.90 Å². The lowest BCUT2D eigenvalue weighted by Gasteiger charge is -2.41. The number of ether oxygens (including phenoxy) is 2. The first-order valence-electron chi connectivity index (χ1n) is 11.6. The molecule has 1 unspecified atom stereocenters. The van der Waals surface area contributed by atoms with Crippen LogP contribution in [0.3, 0.4) is 0 Å². The van der Waals surface area contributed by atoms with E-state index in [9.17, 15) is 13.0 Å². The van der Waals surface area contributed by atoms with E-state index in [4.69, 9.17) is 21.1 Å². The van der Waals surface area contributed by atoms with Crippen LogP contribution in [0.15, 0.2) is 52.8 Å². The fourth-order valence-corrected chi connectivity index (χ4v) is 5.85. The highest BCUT2D eigenvalue weighted by molar-refractivity contribution is 7.87. The molecule has 0 aliphatic carbocycles. The minimum Gasteiger partial charge on any atom is -0.470 e. The molecule has 3 heterocycles. The topological polar surface area (TPSA) is 79.6 Å². The Morgan fingerprint density at radius 2 is 2.08 bits per heavy atom. The highest BCUT2D eigenvalue weighted by Gasteiger charge is 2.33. The van der Waals surface area contributed by atoms with Crippen LogP contribution in [0.25, 0.3) is 0 Å². The summed E-state index contributed by atoms with van der Waals surface area (Å²) in [6.07, 6.45) is 0.454. The lowest BCUT2D eigenvalue weighted by atomic mass is 10.1. The van der Waals surface area contributed by atoms with Crippen molar-refractivity contribution in [3.8, 4) is 0 Å². The Kier molecular flexibility index (Phi) is 9.35. The van der Waals surface area contributed by atoms with Crippen LogP contribution in [0, 0.1) is 0 Å². The number of piperidine rings is 1. The fraction of sp³-hybridized carbons (Fsp3) is 0.458. The number of hydrogen-bond donors (Lipinski definition) is 0. The van der Waals surface area contributed by atoms with Crippen LogP contribution in [0.4, 0.5) is 14.5 Å². The van der Waals surface area contributed by atoms with Crippen molar-refractivity contribution in [1.82, 2.24) is 9.88 Å². The van der Waals surface area contributed by atoms with Gasteiger partial charge in [0.15, 0.2) is 6.61 Å². The van der Waals surface area contributed by atoms with Gasteiger partial charge in [-0.05, 0) is 56.3 Å². The molecule has 0 saturated carbocycles. The quantitative estimate of drug-likeness (QED) is 0.260. The van der Waals surface area contributed by atoms with E-state index >= 15 is 0 Å². The highest BCUT2D eigenvalue weighted by atomic mass is 35.5. The Bertz CT molecular complexity index is 1080. The minimum absolute atomic E-state index is 0.000601. The molecular weight excluding hydrogens is 512 g/mol. The molecule has 0 N–H and O–H groups in total. The van der Waals surface area contributed by atoms with E-state index in [1.165, 1.54) is 6.20 Å². The number of nitrogens with zero attached hydrogens (tertiary/aromatic N) is 5. The van der Waals surface area contributed by atoms with Crippen LogP contribution in [-0.4, -0.2) is 77.3 Å². The van der Waals surface area contributed by atoms with Crippen molar-refractivity contribution in [2.45, 2.75) is 37.1 Å². The van der Waals surface area contributed by atoms with E-state index < -0.39 is 24.0 Å². The maximum atomic E-state index is 13.8. The average Bonchev–Trinajstić information content (AvgIpc) is 2.84. The minimum atomic E-state index is -2.65. The van der Waals surface area contributed by atoms with Crippen molar-refractivity contribution in [2.75, 3.05) is 37.2 Å². The number of anilines is 1. The molecule has 1 aromatic carbocycles.